The van der Waals surface area contributed by atoms with Crippen molar-refractivity contribution in [3.8, 4) is 0 Å². The molecule has 2 rings (SSSR count). The lowest BCUT2D eigenvalue weighted by atomic mass is 10.1. The zero-order valence-electron chi connectivity index (χ0n) is 9.99. The quantitative estimate of drug-likeness (QED) is 0.489. The first-order valence-electron chi connectivity index (χ1n) is 5.60. The van der Waals surface area contributed by atoms with Gasteiger partial charge in [0.25, 0.3) is 0 Å². The van der Waals surface area contributed by atoms with E-state index in [0.717, 1.165) is 16.1 Å². The molecule has 0 spiro atoms. The summed E-state index contributed by atoms with van der Waals surface area (Å²) in [7, 11) is 0. The predicted molar refractivity (Wildman–Crippen MR) is 70.5 cm³/mol. The molecule has 18 heavy (non-hydrogen) atoms. The van der Waals surface area contributed by atoms with E-state index in [1.165, 1.54) is 11.8 Å². The number of amides is 1. The molecule has 1 aliphatic heterocycles. The van der Waals surface area contributed by atoms with Crippen LogP contribution in [0.1, 0.15) is 12.5 Å². The minimum atomic E-state index is -0.272. The van der Waals surface area contributed by atoms with Crippen molar-refractivity contribution in [2.45, 2.75) is 18.2 Å². The third-order valence-corrected chi connectivity index (χ3v) is 3.56. The van der Waals surface area contributed by atoms with Gasteiger partial charge < -0.3 is 15.8 Å². The van der Waals surface area contributed by atoms with Crippen LogP contribution in [0.15, 0.2) is 17.0 Å². The van der Waals surface area contributed by atoms with Gasteiger partial charge in [-0.2, -0.15) is 0 Å². The topological polar surface area (TPSA) is 81.4 Å². The van der Waals surface area contributed by atoms with Crippen molar-refractivity contribution >= 4 is 35.0 Å². The van der Waals surface area contributed by atoms with E-state index in [1.807, 2.05) is 0 Å². The third kappa shape index (κ3) is 2.76. The minimum Gasteiger partial charge on any atom is -0.465 e. The number of thioether (sulfide) groups is 1. The molecule has 0 aliphatic carbocycles. The van der Waals surface area contributed by atoms with Crippen LogP contribution in [0.5, 0.6) is 0 Å². The van der Waals surface area contributed by atoms with E-state index in [-0.39, 0.29) is 17.6 Å². The first-order valence-corrected chi connectivity index (χ1v) is 6.59. The number of hydrogen-bond acceptors (Lipinski definition) is 5. The van der Waals surface area contributed by atoms with E-state index < -0.39 is 0 Å². The summed E-state index contributed by atoms with van der Waals surface area (Å²) in [5, 5.41) is 2.75. The maximum atomic E-state index is 11.3. The highest BCUT2D eigenvalue weighted by Crippen LogP contribution is 2.33. The zero-order chi connectivity index (χ0) is 13.1. The van der Waals surface area contributed by atoms with E-state index in [0.29, 0.717) is 18.7 Å². The SMILES string of the molecule is CCOC(=O)CSc1cc2c(cc1N)CC(=O)N2. The van der Waals surface area contributed by atoms with Gasteiger partial charge in [-0.25, -0.2) is 0 Å². The normalized spacial score (nSPS) is 13.1. The number of carbonyl (C=O) groups excluding carboxylic acids is 2. The molecule has 0 saturated heterocycles. The summed E-state index contributed by atoms with van der Waals surface area (Å²) in [4.78, 5) is 23.3. The Labute approximate surface area is 109 Å². The lowest BCUT2D eigenvalue weighted by Gasteiger charge is -2.08. The monoisotopic (exact) mass is 266 g/mol. The molecule has 0 fully saturated rings. The number of ether oxygens (including phenoxy) is 1. The summed E-state index contributed by atoms with van der Waals surface area (Å²) in [6, 6.07) is 3.58. The summed E-state index contributed by atoms with van der Waals surface area (Å²) >= 11 is 1.31. The number of anilines is 2. The second-order valence-corrected chi connectivity index (χ2v) is 4.88. The average molecular weight is 266 g/mol. The van der Waals surface area contributed by atoms with Crippen LogP contribution in [-0.2, 0) is 20.7 Å². The number of hydrogen-bond donors (Lipinski definition) is 2. The highest BCUT2D eigenvalue weighted by molar-refractivity contribution is 8.00. The molecule has 0 unspecified atom stereocenters. The zero-order valence-corrected chi connectivity index (χ0v) is 10.8. The van der Waals surface area contributed by atoms with Crippen LogP contribution in [0, 0.1) is 0 Å². The van der Waals surface area contributed by atoms with E-state index in [1.54, 1.807) is 19.1 Å². The second-order valence-electron chi connectivity index (χ2n) is 3.87. The molecule has 3 N–H and O–H groups in total. The smallest absolute Gasteiger partial charge is 0.316 e. The Hall–Kier alpha value is -1.69. The fraction of sp³-hybridized carbons (Fsp3) is 0.333. The van der Waals surface area contributed by atoms with Crippen LogP contribution in [-0.4, -0.2) is 24.2 Å². The van der Waals surface area contributed by atoms with Crippen LogP contribution in [0.4, 0.5) is 11.4 Å². The molecule has 0 bridgehead atoms. The molecule has 1 amide bonds. The second kappa shape index (κ2) is 5.30. The van der Waals surface area contributed by atoms with Crippen molar-refractivity contribution in [2.75, 3.05) is 23.4 Å². The summed E-state index contributed by atoms with van der Waals surface area (Å²) in [5.41, 5.74) is 8.15. The molecule has 0 aromatic heterocycles. The number of nitrogens with one attached hydrogen (secondary N) is 1. The summed E-state index contributed by atoms with van der Waals surface area (Å²) in [6.07, 6.45) is 0.363. The highest BCUT2D eigenvalue weighted by Gasteiger charge is 2.19. The molecule has 96 valence electrons. The number of nitrogens with two attached hydrogens (primary N) is 1. The Balaban J connectivity index is 2.08. The highest BCUT2D eigenvalue weighted by atomic mass is 32.2. The van der Waals surface area contributed by atoms with Gasteiger partial charge in [0.2, 0.25) is 5.91 Å². The Morgan fingerprint density at radius 3 is 3.06 bits per heavy atom. The Morgan fingerprint density at radius 2 is 2.33 bits per heavy atom. The molecule has 1 aromatic rings. The summed E-state index contributed by atoms with van der Waals surface area (Å²) in [5.74, 6) is -0.0894. The van der Waals surface area contributed by atoms with Crippen LogP contribution < -0.4 is 11.1 Å². The van der Waals surface area contributed by atoms with Crippen molar-refractivity contribution in [1.29, 1.82) is 0 Å². The van der Waals surface area contributed by atoms with Crippen molar-refractivity contribution in [3.05, 3.63) is 17.7 Å². The number of fused-ring (bicyclic) bond motifs is 1. The maximum absolute atomic E-state index is 11.3. The molecular formula is C12H14N2O3S. The number of carbonyl (C=O) groups is 2. The molecule has 1 aliphatic rings. The van der Waals surface area contributed by atoms with Gasteiger partial charge in [0.05, 0.1) is 18.8 Å². The molecule has 6 heteroatoms. The molecule has 1 aromatic carbocycles. The maximum Gasteiger partial charge on any atom is 0.316 e. The van der Waals surface area contributed by atoms with Crippen molar-refractivity contribution in [2.24, 2.45) is 0 Å². The lowest BCUT2D eigenvalue weighted by Crippen LogP contribution is -2.07. The van der Waals surface area contributed by atoms with Crippen LogP contribution in [0.25, 0.3) is 0 Å². The number of nitrogen functional groups attached to an aromatic ring is 1. The van der Waals surface area contributed by atoms with Gasteiger partial charge in [-0.15, -0.1) is 11.8 Å². The van der Waals surface area contributed by atoms with Crippen LogP contribution in [0.3, 0.4) is 0 Å². The Kier molecular flexibility index (Phi) is 3.76. The van der Waals surface area contributed by atoms with Gasteiger partial charge in [0.1, 0.15) is 0 Å². The average Bonchev–Trinajstić information content (AvgIpc) is 2.65. The van der Waals surface area contributed by atoms with Crippen molar-refractivity contribution in [3.63, 3.8) is 0 Å². The van der Waals surface area contributed by atoms with E-state index in [4.69, 9.17) is 10.5 Å². The molecule has 0 radical (unpaired) electrons. The van der Waals surface area contributed by atoms with Gasteiger partial charge in [-0.1, -0.05) is 0 Å². The molecular weight excluding hydrogens is 252 g/mol. The predicted octanol–water partition coefficient (Wildman–Crippen LogP) is 1.42. The fourth-order valence-corrected chi connectivity index (χ4v) is 2.52. The van der Waals surface area contributed by atoms with Crippen molar-refractivity contribution < 1.29 is 14.3 Å². The minimum absolute atomic E-state index is 0.0306. The summed E-state index contributed by atoms with van der Waals surface area (Å²) < 4.78 is 4.84. The van der Waals surface area contributed by atoms with E-state index in [9.17, 15) is 9.59 Å². The summed E-state index contributed by atoms with van der Waals surface area (Å²) in [6.45, 7) is 2.14. The fourth-order valence-electron chi connectivity index (χ4n) is 1.74. The Morgan fingerprint density at radius 1 is 1.56 bits per heavy atom. The number of esters is 1. The van der Waals surface area contributed by atoms with Crippen molar-refractivity contribution in [1.82, 2.24) is 0 Å². The largest absolute Gasteiger partial charge is 0.465 e. The lowest BCUT2D eigenvalue weighted by molar-refractivity contribution is -0.139. The Bertz CT molecular complexity index is 502. The van der Waals surface area contributed by atoms with Gasteiger partial charge in [-0.3, -0.25) is 9.59 Å². The van der Waals surface area contributed by atoms with Gasteiger partial charge in [0, 0.05) is 16.3 Å². The van der Waals surface area contributed by atoms with Gasteiger partial charge >= 0.3 is 5.97 Å². The van der Waals surface area contributed by atoms with E-state index in [2.05, 4.69) is 5.32 Å². The van der Waals surface area contributed by atoms with Gasteiger partial charge in [-0.05, 0) is 24.6 Å². The molecule has 5 nitrogen and oxygen atoms in total. The molecule has 1 heterocycles. The molecule has 0 atom stereocenters. The molecule has 0 saturated carbocycles. The number of rotatable bonds is 4. The van der Waals surface area contributed by atoms with Gasteiger partial charge in [0.15, 0.2) is 0 Å². The number of benzene rings is 1. The third-order valence-electron chi connectivity index (χ3n) is 2.51. The first kappa shape index (κ1) is 12.8. The van der Waals surface area contributed by atoms with E-state index >= 15 is 0 Å². The van der Waals surface area contributed by atoms with Crippen LogP contribution >= 0.6 is 11.8 Å². The first-order chi connectivity index (χ1) is 8.60. The standard InChI is InChI=1S/C12H14N2O3S/c1-2-17-12(16)6-18-10-5-9-7(3-8(10)13)4-11(15)14-9/h3,5H,2,4,6,13H2,1H3,(H,14,15). The van der Waals surface area contributed by atoms with Crippen LogP contribution in [0.2, 0.25) is 0 Å².